The number of benzene rings is 4. The van der Waals surface area contributed by atoms with Gasteiger partial charge in [0.25, 0.3) is 0 Å². The number of aliphatic hydroxyl groups excluding tert-OH is 1. The Balaban J connectivity index is 2.26. The molecule has 4 rings (SSSR count). The maximum Gasteiger partial charge on any atom is 0.339 e. The highest BCUT2D eigenvalue weighted by atomic mass is 16.5. The zero-order valence-corrected chi connectivity index (χ0v) is 14.5. The van der Waals surface area contributed by atoms with Crippen LogP contribution in [0.5, 0.6) is 11.5 Å². The van der Waals surface area contributed by atoms with E-state index in [2.05, 4.69) is 0 Å². The molecule has 0 spiro atoms. The Hall–Kier alpha value is -3.61. The molecule has 0 aliphatic heterocycles. The number of aliphatic hydroxyl groups is 2. The molecule has 0 bridgehead atoms. The summed E-state index contributed by atoms with van der Waals surface area (Å²) < 4.78 is 0. The van der Waals surface area contributed by atoms with E-state index in [0.717, 1.165) is 0 Å². The van der Waals surface area contributed by atoms with Crippen molar-refractivity contribution in [2.24, 2.45) is 0 Å². The van der Waals surface area contributed by atoms with Crippen LogP contribution in [0.15, 0.2) is 60.7 Å². The average Bonchev–Trinajstić information content (AvgIpc) is 2.67. The summed E-state index contributed by atoms with van der Waals surface area (Å²) in [5.41, 5.74) is -0.199. The van der Waals surface area contributed by atoms with Gasteiger partial charge in [0.2, 0.25) is 0 Å². The van der Waals surface area contributed by atoms with Crippen molar-refractivity contribution >= 4 is 27.5 Å². The van der Waals surface area contributed by atoms with E-state index in [4.69, 9.17) is 0 Å². The minimum Gasteiger partial charge on any atom is -0.507 e. The molecule has 0 radical (unpaired) electrons. The van der Waals surface area contributed by atoms with Gasteiger partial charge in [-0.2, -0.15) is 0 Å². The molecule has 6 nitrogen and oxygen atoms in total. The third kappa shape index (κ3) is 2.63. The summed E-state index contributed by atoms with van der Waals surface area (Å²) in [6.45, 7) is 0. The lowest BCUT2D eigenvalue weighted by atomic mass is 9.88. The first kappa shape index (κ1) is 17.8. The molecule has 6 heteroatoms. The lowest BCUT2D eigenvalue weighted by molar-refractivity contribution is -0.0437. The summed E-state index contributed by atoms with van der Waals surface area (Å²) >= 11 is 0. The third-order valence-electron chi connectivity index (χ3n) is 4.83. The fraction of sp³-hybridized carbons (Fsp3) is 0.0455. The van der Waals surface area contributed by atoms with Gasteiger partial charge < -0.3 is 25.5 Å². The lowest BCUT2D eigenvalue weighted by Crippen LogP contribution is -2.01. The van der Waals surface area contributed by atoms with Gasteiger partial charge in [0.1, 0.15) is 17.1 Å². The molecule has 0 aliphatic rings. The van der Waals surface area contributed by atoms with Gasteiger partial charge in [-0.25, -0.2) is 4.79 Å². The van der Waals surface area contributed by atoms with Gasteiger partial charge in [0.15, 0.2) is 6.29 Å². The number of phenols is 2. The second-order valence-corrected chi connectivity index (χ2v) is 6.46. The fourth-order valence-corrected chi connectivity index (χ4v) is 3.56. The molecule has 28 heavy (non-hydrogen) atoms. The van der Waals surface area contributed by atoms with E-state index in [1.54, 1.807) is 48.5 Å². The number of carboxylic acid groups (broad SMARTS) is 1. The summed E-state index contributed by atoms with van der Waals surface area (Å²) in [5.74, 6) is -2.25. The van der Waals surface area contributed by atoms with Crippen molar-refractivity contribution in [3.8, 4) is 22.6 Å². The van der Waals surface area contributed by atoms with Gasteiger partial charge in [-0.05, 0) is 33.7 Å². The molecule has 140 valence electrons. The van der Waals surface area contributed by atoms with Crippen LogP contribution >= 0.6 is 0 Å². The van der Waals surface area contributed by atoms with Crippen LogP contribution < -0.4 is 0 Å². The largest absolute Gasteiger partial charge is 0.507 e. The maximum atomic E-state index is 11.7. The van der Waals surface area contributed by atoms with E-state index in [9.17, 15) is 30.3 Å². The van der Waals surface area contributed by atoms with E-state index in [1.807, 2.05) is 0 Å². The Morgan fingerprint density at radius 1 is 0.750 bits per heavy atom. The second-order valence-electron chi connectivity index (χ2n) is 6.46. The number of fused-ring (bicyclic) bond motifs is 2. The normalized spacial score (nSPS) is 11.4. The minimum absolute atomic E-state index is 0.117. The Morgan fingerprint density at radius 2 is 1.25 bits per heavy atom. The summed E-state index contributed by atoms with van der Waals surface area (Å²) in [6.07, 6.45) is -1.94. The molecule has 0 amide bonds. The molecule has 4 aromatic rings. The van der Waals surface area contributed by atoms with E-state index >= 15 is 0 Å². The predicted molar refractivity (Wildman–Crippen MR) is 104 cm³/mol. The van der Waals surface area contributed by atoms with Gasteiger partial charge in [-0.1, -0.05) is 48.5 Å². The second kappa shape index (κ2) is 6.53. The van der Waals surface area contributed by atoms with E-state index < -0.39 is 23.8 Å². The molecule has 0 atom stereocenters. The van der Waals surface area contributed by atoms with Crippen LogP contribution in [0.3, 0.4) is 0 Å². The highest BCUT2D eigenvalue weighted by Crippen LogP contribution is 2.48. The van der Waals surface area contributed by atoms with Gasteiger partial charge in [-0.15, -0.1) is 0 Å². The number of aromatic hydroxyl groups is 2. The first-order chi connectivity index (χ1) is 13.4. The van der Waals surface area contributed by atoms with Crippen molar-refractivity contribution in [3.05, 3.63) is 71.8 Å². The molecule has 0 saturated carbocycles. The smallest absolute Gasteiger partial charge is 0.339 e. The van der Waals surface area contributed by atoms with Crippen LogP contribution in [-0.2, 0) is 0 Å². The van der Waals surface area contributed by atoms with E-state index in [-0.39, 0.29) is 22.3 Å². The molecule has 0 saturated heterocycles. The molecule has 0 aliphatic carbocycles. The number of carboxylic acids is 1. The number of rotatable bonds is 3. The number of carbonyl (C=O) groups is 1. The Labute approximate surface area is 159 Å². The van der Waals surface area contributed by atoms with Crippen LogP contribution in [0.2, 0.25) is 0 Å². The Morgan fingerprint density at radius 3 is 1.79 bits per heavy atom. The van der Waals surface area contributed by atoms with Crippen molar-refractivity contribution in [2.45, 2.75) is 6.29 Å². The zero-order valence-electron chi connectivity index (χ0n) is 14.5. The zero-order chi connectivity index (χ0) is 20.0. The topological polar surface area (TPSA) is 118 Å². The van der Waals surface area contributed by atoms with Crippen LogP contribution in [0, 0.1) is 0 Å². The quantitative estimate of drug-likeness (QED) is 0.348. The minimum atomic E-state index is -1.94. The van der Waals surface area contributed by atoms with Crippen molar-refractivity contribution in [1.82, 2.24) is 0 Å². The Bertz CT molecular complexity index is 1240. The van der Waals surface area contributed by atoms with Crippen LogP contribution in [0.25, 0.3) is 32.7 Å². The van der Waals surface area contributed by atoms with Crippen molar-refractivity contribution in [1.29, 1.82) is 0 Å². The van der Waals surface area contributed by atoms with Crippen molar-refractivity contribution in [3.63, 3.8) is 0 Å². The number of phenolic OH excluding ortho intramolecular Hbond substituents is 1. The maximum absolute atomic E-state index is 11.7. The molecule has 4 aromatic carbocycles. The molecule has 0 unspecified atom stereocenters. The predicted octanol–water partition coefficient (Wildman–Crippen LogP) is 3.75. The first-order valence-electron chi connectivity index (χ1n) is 8.49. The number of hydrogen-bond acceptors (Lipinski definition) is 5. The van der Waals surface area contributed by atoms with Crippen molar-refractivity contribution < 1.29 is 30.3 Å². The number of hydrogen-bond donors (Lipinski definition) is 5. The molecule has 5 N–H and O–H groups in total. The summed E-state index contributed by atoms with van der Waals surface area (Å²) in [7, 11) is 0. The Kier molecular flexibility index (Phi) is 4.15. The molecule has 0 aromatic heterocycles. The lowest BCUT2D eigenvalue weighted by Gasteiger charge is -2.18. The van der Waals surface area contributed by atoms with E-state index in [0.29, 0.717) is 21.5 Å². The monoisotopic (exact) mass is 376 g/mol. The van der Waals surface area contributed by atoms with Crippen LogP contribution in [0.1, 0.15) is 22.2 Å². The highest BCUT2D eigenvalue weighted by molar-refractivity contribution is 6.13. The summed E-state index contributed by atoms with van der Waals surface area (Å²) in [5, 5.41) is 52.8. The van der Waals surface area contributed by atoms with Gasteiger partial charge >= 0.3 is 5.97 Å². The van der Waals surface area contributed by atoms with Gasteiger partial charge in [0, 0.05) is 11.1 Å². The van der Waals surface area contributed by atoms with Gasteiger partial charge in [-0.3, -0.25) is 0 Å². The van der Waals surface area contributed by atoms with E-state index in [1.165, 1.54) is 12.1 Å². The fourth-order valence-electron chi connectivity index (χ4n) is 3.56. The summed E-state index contributed by atoms with van der Waals surface area (Å²) in [4.78, 5) is 11.7. The van der Waals surface area contributed by atoms with Crippen molar-refractivity contribution in [2.75, 3.05) is 0 Å². The van der Waals surface area contributed by atoms with Crippen LogP contribution in [-0.4, -0.2) is 31.5 Å². The molecule has 0 fully saturated rings. The summed E-state index contributed by atoms with van der Waals surface area (Å²) in [6, 6.07) is 16.6. The molecular formula is C22H16O6. The average molecular weight is 376 g/mol. The first-order valence-corrected chi connectivity index (χ1v) is 8.49. The third-order valence-corrected chi connectivity index (χ3v) is 4.83. The standard InChI is InChI=1S/C22H16O6/c23-19-15(21(25)26)9-11-5-1-3-7-13(11)17(19)18-14-8-4-2-6-12(14)10-16(20(18)24)22(27)28/h1-10,21,23-26H,(H,27,28). The number of aromatic carboxylic acids is 1. The molecule has 0 heterocycles. The van der Waals surface area contributed by atoms with Gasteiger partial charge in [0.05, 0.1) is 5.56 Å². The SMILES string of the molecule is O=C(O)c1cc2ccccc2c(-c2c(O)c(C(O)O)cc3ccccc23)c1O. The molecular weight excluding hydrogens is 360 g/mol. The van der Waals surface area contributed by atoms with Crippen LogP contribution in [0.4, 0.5) is 0 Å². The highest BCUT2D eigenvalue weighted by Gasteiger charge is 2.25.